The van der Waals surface area contributed by atoms with Gasteiger partial charge in [0, 0.05) is 22.7 Å². The molecule has 2 aromatic carbocycles. The Labute approximate surface area is 196 Å². The normalized spacial score (nSPS) is 16.4. The summed E-state index contributed by atoms with van der Waals surface area (Å²) in [6, 6.07) is 21.2. The number of carbonyl (C=O) groups is 3. The Morgan fingerprint density at radius 2 is 1.79 bits per heavy atom. The largest absolute Gasteiger partial charge is 0.480 e. The minimum atomic E-state index is -1.06. The number of hydrogen-bond acceptors (Lipinski definition) is 4. The van der Waals surface area contributed by atoms with E-state index in [4.69, 9.17) is 0 Å². The number of rotatable bonds is 9. The number of amides is 2. The predicted octanol–water partition coefficient (Wildman–Crippen LogP) is 4.06. The number of benzene rings is 2. The Morgan fingerprint density at radius 1 is 1.06 bits per heavy atom. The van der Waals surface area contributed by atoms with Crippen molar-refractivity contribution in [2.45, 2.75) is 37.8 Å². The minimum Gasteiger partial charge on any atom is -0.480 e. The Kier molecular flexibility index (Phi) is 7.19. The topological polar surface area (TPSA) is 86.7 Å². The average Bonchev–Trinajstić information content (AvgIpc) is 3.49. The number of nitrogens with zero attached hydrogens (tertiary/aromatic N) is 1. The van der Waals surface area contributed by atoms with Crippen molar-refractivity contribution in [1.29, 1.82) is 0 Å². The van der Waals surface area contributed by atoms with E-state index in [0.717, 1.165) is 45.8 Å². The Morgan fingerprint density at radius 3 is 2.48 bits per heavy atom. The molecule has 0 radical (unpaired) electrons. The van der Waals surface area contributed by atoms with Gasteiger partial charge in [0.25, 0.3) is 0 Å². The van der Waals surface area contributed by atoms with Crippen LogP contribution in [0, 0.1) is 0 Å². The number of carboxylic acids is 1. The van der Waals surface area contributed by atoms with Crippen molar-refractivity contribution < 1.29 is 19.5 Å². The zero-order chi connectivity index (χ0) is 23.2. The van der Waals surface area contributed by atoms with Gasteiger partial charge in [-0.3, -0.25) is 9.59 Å². The molecule has 2 amide bonds. The van der Waals surface area contributed by atoms with Gasteiger partial charge in [0.2, 0.25) is 12.3 Å². The summed E-state index contributed by atoms with van der Waals surface area (Å²) in [7, 11) is 0. The summed E-state index contributed by atoms with van der Waals surface area (Å²) in [5.41, 5.74) is 3.26. The van der Waals surface area contributed by atoms with Crippen LogP contribution in [-0.4, -0.2) is 40.9 Å². The van der Waals surface area contributed by atoms with Crippen LogP contribution < -0.4 is 5.32 Å². The molecule has 1 aliphatic heterocycles. The molecular weight excluding hydrogens is 436 g/mol. The van der Waals surface area contributed by atoms with Crippen molar-refractivity contribution in [2.24, 2.45) is 0 Å². The molecule has 2 atom stereocenters. The highest BCUT2D eigenvalue weighted by molar-refractivity contribution is 7.12. The monoisotopic (exact) mass is 462 g/mol. The quantitative estimate of drug-likeness (QED) is 0.470. The molecule has 3 aromatic rings. The van der Waals surface area contributed by atoms with Gasteiger partial charge >= 0.3 is 5.97 Å². The molecule has 4 rings (SSSR count). The van der Waals surface area contributed by atoms with E-state index in [9.17, 15) is 19.5 Å². The summed E-state index contributed by atoms with van der Waals surface area (Å²) in [4.78, 5) is 39.0. The molecular formula is C26H26N2O4S. The summed E-state index contributed by atoms with van der Waals surface area (Å²) in [5.74, 6) is -0.959. The number of thiophene rings is 1. The van der Waals surface area contributed by atoms with Crippen LogP contribution in [0.3, 0.4) is 0 Å². The molecule has 33 heavy (non-hydrogen) atoms. The van der Waals surface area contributed by atoms with E-state index in [1.807, 2.05) is 47.4 Å². The molecule has 6 nitrogen and oxygen atoms in total. The Balaban J connectivity index is 1.41. The van der Waals surface area contributed by atoms with E-state index in [1.165, 1.54) is 11.3 Å². The highest BCUT2D eigenvalue weighted by atomic mass is 32.1. The van der Waals surface area contributed by atoms with E-state index in [1.54, 1.807) is 0 Å². The van der Waals surface area contributed by atoms with Crippen molar-refractivity contribution in [3.05, 3.63) is 82.0 Å². The highest BCUT2D eigenvalue weighted by Crippen LogP contribution is 2.36. The lowest BCUT2D eigenvalue weighted by Gasteiger charge is -2.24. The highest BCUT2D eigenvalue weighted by Gasteiger charge is 2.31. The molecule has 2 unspecified atom stereocenters. The van der Waals surface area contributed by atoms with E-state index >= 15 is 0 Å². The van der Waals surface area contributed by atoms with Crippen LogP contribution in [0.25, 0.3) is 11.1 Å². The maximum atomic E-state index is 13.1. The number of nitrogens with one attached hydrogen (secondary N) is 1. The molecule has 1 fully saturated rings. The molecule has 7 heteroatoms. The van der Waals surface area contributed by atoms with Crippen LogP contribution in [0.5, 0.6) is 0 Å². The third kappa shape index (κ3) is 5.49. The molecule has 1 aromatic heterocycles. The molecule has 1 aliphatic rings. The van der Waals surface area contributed by atoms with Gasteiger partial charge in [-0.15, -0.1) is 11.3 Å². The first-order valence-corrected chi connectivity index (χ1v) is 11.8. The summed E-state index contributed by atoms with van der Waals surface area (Å²) >= 11 is 1.52. The first kappa shape index (κ1) is 22.7. The second-order valence-corrected chi connectivity index (χ2v) is 9.37. The SMILES string of the molecule is O=CNC(Cc1ccc(C2CCCN2C(=O)Cc2ccc(-c3ccccc3)cc2)s1)C(=O)O. The number of likely N-dealkylation sites (tertiary alicyclic amines) is 1. The molecule has 2 N–H and O–H groups in total. The van der Waals surface area contributed by atoms with E-state index in [0.29, 0.717) is 12.8 Å². The smallest absolute Gasteiger partial charge is 0.326 e. The van der Waals surface area contributed by atoms with Crippen LogP contribution >= 0.6 is 11.3 Å². The van der Waals surface area contributed by atoms with Crippen molar-refractivity contribution in [3.8, 4) is 11.1 Å². The van der Waals surface area contributed by atoms with Crippen LogP contribution in [-0.2, 0) is 27.2 Å². The van der Waals surface area contributed by atoms with Gasteiger partial charge in [-0.05, 0) is 41.7 Å². The van der Waals surface area contributed by atoms with Crippen molar-refractivity contribution in [2.75, 3.05) is 6.54 Å². The van der Waals surface area contributed by atoms with Crippen LogP contribution in [0.1, 0.15) is 34.2 Å². The number of carbonyl (C=O) groups excluding carboxylic acids is 2. The molecule has 1 saturated heterocycles. The lowest BCUT2D eigenvalue weighted by molar-refractivity contribution is -0.140. The van der Waals surface area contributed by atoms with Gasteiger partial charge in [-0.1, -0.05) is 54.6 Å². The minimum absolute atomic E-state index is 0.0159. The maximum Gasteiger partial charge on any atom is 0.326 e. The summed E-state index contributed by atoms with van der Waals surface area (Å²) in [5, 5.41) is 11.6. The summed E-state index contributed by atoms with van der Waals surface area (Å²) in [6.07, 6.45) is 2.84. The number of carboxylic acid groups (broad SMARTS) is 1. The summed E-state index contributed by atoms with van der Waals surface area (Å²) in [6.45, 7) is 0.725. The van der Waals surface area contributed by atoms with Crippen molar-refractivity contribution in [1.82, 2.24) is 10.2 Å². The van der Waals surface area contributed by atoms with E-state index in [2.05, 4.69) is 29.6 Å². The average molecular weight is 463 g/mol. The fourth-order valence-electron chi connectivity index (χ4n) is 4.27. The molecule has 0 spiro atoms. The molecule has 0 aliphatic carbocycles. The van der Waals surface area contributed by atoms with Crippen molar-refractivity contribution >= 4 is 29.6 Å². The lowest BCUT2D eigenvalue weighted by Crippen LogP contribution is -2.37. The number of aliphatic carboxylic acids is 1. The molecule has 2 heterocycles. The zero-order valence-corrected chi connectivity index (χ0v) is 19.0. The Bertz CT molecular complexity index is 1110. The van der Waals surface area contributed by atoms with Gasteiger partial charge in [0.15, 0.2) is 0 Å². The zero-order valence-electron chi connectivity index (χ0n) is 18.1. The van der Waals surface area contributed by atoms with Gasteiger partial charge in [-0.25, -0.2) is 4.79 Å². The third-order valence-electron chi connectivity index (χ3n) is 5.97. The van der Waals surface area contributed by atoms with Gasteiger partial charge < -0.3 is 15.3 Å². The fraction of sp³-hybridized carbons (Fsp3) is 0.269. The van der Waals surface area contributed by atoms with Crippen molar-refractivity contribution in [3.63, 3.8) is 0 Å². The standard InChI is InChI=1S/C26H26N2O4S/c29-17-27-22(26(31)32)16-21-12-13-24(33-21)23-7-4-14-28(23)25(30)15-18-8-10-20(11-9-18)19-5-2-1-3-6-19/h1-3,5-6,8-13,17,22-23H,4,7,14-16H2,(H,27,29)(H,31,32). The Hall–Kier alpha value is -3.45. The van der Waals surface area contributed by atoms with Crippen LogP contribution in [0.15, 0.2) is 66.7 Å². The van der Waals surface area contributed by atoms with Gasteiger partial charge in [0.1, 0.15) is 6.04 Å². The first-order chi connectivity index (χ1) is 16.0. The first-order valence-electron chi connectivity index (χ1n) is 11.0. The summed E-state index contributed by atoms with van der Waals surface area (Å²) < 4.78 is 0. The van der Waals surface area contributed by atoms with Crippen LogP contribution in [0.4, 0.5) is 0 Å². The van der Waals surface area contributed by atoms with Gasteiger partial charge in [0.05, 0.1) is 12.5 Å². The second-order valence-electron chi connectivity index (χ2n) is 8.17. The number of hydrogen-bond donors (Lipinski definition) is 2. The fourth-order valence-corrected chi connectivity index (χ4v) is 5.47. The lowest BCUT2D eigenvalue weighted by atomic mass is 10.0. The predicted molar refractivity (Wildman–Crippen MR) is 128 cm³/mol. The molecule has 170 valence electrons. The molecule has 0 bridgehead atoms. The molecule has 0 saturated carbocycles. The maximum absolute atomic E-state index is 13.1. The van der Waals surface area contributed by atoms with Gasteiger partial charge in [-0.2, -0.15) is 0 Å². The third-order valence-corrected chi connectivity index (χ3v) is 7.18. The second kappa shape index (κ2) is 10.4. The van der Waals surface area contributed by atoms with E-state index < -0.39 is 12.0 Å². The van der Waals surface area contributed by atoms with Crippen LogP contribution in [0.2, 0.25) is 0 Å². The van der Waals surface area contributed by atoms with E-state index in [-0.39, 0.29) is 18.4 Å².